The van der Waals surface area contributed by atoms with Crippen LogP contribution in [0.5, 0.6) is 0 Å². The van der Waals surface area contributed by atoms with Gasteiger partial charge in [0.25, 0.3) is 0 Å². The van der Waals surface area contributed by atoms with Crippen LogP contribution in [-0.2, 0) is 16.6 Å². The van der Waals surface area contributed by atoms with Crippen LogP contribution in [-0.4, -0.2) is 33.1 Å². The summed E-state index contributed by atoms with van der Waals surface area (Å²) in [5.41, 5.74) is 0.352. The number of H-pyrrole nitrogens is 1. The molecule has 1 aromatic carbocycles. The molecule has 3 N–H and O–H groups in total. The van der Waals surface area contributed by atoms with E-state index in [9.17, 15) is 14.4 Å². The van der Waals surface area contributed by atoms with Crippen LogP contribution in [0.3, 0.4) is 0 Å². The molecule has 24 heavy (non-hydrogen) atoms. The standard InChI is InChI=1S/C16H21N5O3/c1-10(22)17-9-16(2,3)14(23)18-12-7-5-11(6-8-12)13-19-20-15(24)21(13)4/h5-8H,9H2,1-4H3,(H,17,22)(H,18,23)(H,20,24). The number of anilines is 1. The first kappa shape index (κ1) is 17.5. The molecule has 0 aliphatic carbocycles. The van der Waals surface area contributed by atoms with Crippen molar-refractivity contribution in [3.63, 3.8) is 0 Å². The lowest BCUT2D eigenvalue weighted by molar-refractivity contribution is -0.124. The summed E-state index contributed by atoms with van der Waals surface area (Å²) in [4.78, 5) is 34.7. The van der Waals surface area contributed by atoms with Gasteiger partial charge in [0.05, 0.1) is 5.41 Å². The minimum atomic E-state index is -0.740. The number of nitrogens with one attached hydrogen (secondary N) is 3. The number of rotatable bonds is 5. The molecule has 1 heterocycles. The first-order chi connectivity index (χ1) is 11.2. The number of carbonyl (C=O) groups excluding carboxylic acids is 2. The van der Waals surface area contributed by atoms with E-state index in [0.29, 0.717) is 11.5 Å². The lowest BCUT2D eigenvalue weighted by Gasteiger charge is -2.23. The molecule has 2 rings (SSSR count). The smallest absolute Gasteiger partial charge is 0.343 e. The molecule has 0 saturated heterocycles. The Balaban J connectivity index is 2.08. The molecule has 8 nitrogen and oxygen atoms in total. The fourth-order valence-corrected chi connectivity index (χ4v) is 2.03. The minimum Gasteiger partial charge on any atom is -0.355 e. The number of nitrogens with zero attached hydrogens (tertiary/aromatic N) is 2. The number of hydrogen-bond acceptors (Lipinski definition) is 4. The summed E-state index contributed by atoms with van der Waals surface area (Å²) in [5, 5.41) is 11.8. The van der Waals surface area contributed by atoms with Gasteiger partial charge in [-0.05, 0) is 38.1 Å². The van der Waals surface area contributed by atoms with Crippen LogP contribution >= 0.6 is 0 Å². The van der Waals surface area contributed by atoms with E-state index in [-0.39, 0.29) is 24.0 Å². The van der Waals surface area contributed by atoms with Crippen molar-refractivity contribution < 1.29 is 9.59 Å². The van der Waals surface area contributed by atoms with E-state index >= 15 is 0 Å². The summed E-state index contributed by atoms with van der Waals surface area (Å²) < 4.78 is 1.41. The number of benzene rings is 1. The first-order valence-electron chi connectivity index (χ1n) is 7.48. The van der Waals surface area contributed by atoms with Crippen molar-refractivity contribution in [1.82, 2.24) is 20.1 Å². The van der Waals surface area contributed by atoms with E-state index in [1.54, 1.807) is 45.2 Å². The third-order valence-corrected chi connectivity index (χ3v) is 3.67. The lowest BCUT2D eigenvalue weighted by atomic mass is 9.92. The van der Waals surface area contributed by atoms with E-state index in [4.69, 9.17) is 0 Å². The molecule has 1 aromatic heterocycles. The summed E-state index contributed by atoms with van der Waals surface area (Å²) in [6.45, 7) is 5.18. The van der Waals surface area contributed by atoms with Gasteiger partial charge in [-0.3, -0.25) is 14.2 Å². The third-order valence-electron chi connectivity index (χ3n) is 3.67. The summed E-state index contributed by atoms with van der Waals surface area (Å²) in [7, 11) is 1.63. The maximum atomic E-state index is 12.3. The Hall–Kier alpha value is -2.90. The molecule has 8 heteroatoms. The van der Waals surface area contributed by atoms with Crippen LogP contribution in [0.25, 0.3) is 11.4 Å². The molecular weight excluding hydrogens is 310 g/mol. The number of aromatic nitrogens is 3. The Morgan fingerprint density at radius 1 is 1.25 bits per heavy atom. The van der Waals surface area contributed by atoms with Crippen molar-refractivity contribution in [2.45, 2.75) is 20.8 Å². The molecular formula is C16H21N5O3. The molecule has 0 unspecified atom stereocenters. The van der Waals surface area contributed by atoms with Crippen molar-refractivity contribution in [3.8, 4) is 11.4 Å². The van der Waals surface area contributed by atoms with Gasteiger partial charge in [-0.1, -0.05) is 0 Å². The van der Waals surface area contributed by atoms with Crippen LogP contribution < -0.4 is 16.3 Å². The van der Waals surface area contributed by atoms with Crippen LogP contribution in [0, 0.1) is 5.41 Å². The van der Waals surface area contributed by atoms with Crippen molar-refractivity contribution in [3.05, 3.63) is 34.7 Å². The quantitative estimate of drug-likeness (QED) is 0.755. The summed E-state index contributed by atoms with van der Waals surface area (Å²) in [6.07, 6.45) is 0. The Bertz CT molecular complexity index is 802. The molecule has 2 amide bonds. The molecule has 2 aromatic rings. The van der Waals surface area contributed by atoms with Gasteiger partial charge in [-0.25, -0.2) is 9.89 Å². The highest BCUT2D eigenvalue weighted by Crippen LogP contribution is 2.21. The molecule has 0 bridgehead atoms. The van der Waals surface area contributed by atoms with Crippen molar-refractivity contribution >= 4 is 17.5 Å². The number of carbonyl (C=O) groups is 2. The van der Waals surface area contributed by atoms with Crippen LogP contribution in [0.1, 0.15) is 20.8 Å². The van der Waals surface area contributed by atoms with Crippen molar-refractivity contribution in [2.24, 2.45) is 12.5 Å². The summed E-state index contributed by atoms with van der Waals surface area (Å²) in [5.74, 6) is 0.143. The van der Waals surface area contributed by atoms with Gasteiger partial charge in [0.2, 0.25) is 11.8 Å². The zero-order chi connectivity index (χ0) is 17.9. The number of hydrogen-bond donors (Lipinski definition) is 3. The topological polar surface area (TPSA) is 109 Å². The van der Waals surface area contributed by atoms with E-state index in [2.05, 4.69) is 20.8 Å². The molecule has 0 spiro atoms. The highest BCUT2D eigenvalue weighted by atomic mass is 16.2. The van der Waals surface area contributed by atoms with Crippen molar-refractivity contribution in [1.29, 1.82) is 0 Å². The van der Waals surface area contributed by atoms with Gasteiger partial charge in [-0.15, -0.1) is 0 Å². The van der Waals surface area contributed by atoms with Gasteiger partial charge in [0, 0.05) is 31.8 Å². The van der Waals surface area contributed by atoms with Crippen LogP contribution in [0.4, 0.5) is 5.69 Å². The molecule has 0 radical (unpaired) electrons. The molecule has 0 atom stereocenters. The average Bonchev–Trinajstić information content (AvgIpc) is 2.86. The number of aromatic amines is 1. The monoisotopic (exact) mass is 331 g/mol. The molecule has 128 valence electrons. The largest absolute Gasteiger partial charge is 0.355 e. The Morgan fingerprint density at radius 2 is 1.88 bits per heavy atom. The predicted octanol–water partition coefficient (Wildman–Crippen LogP) is 0.876. The Morgan fingerprint density at radius 3 is 2.38 bits per heavy atom. The summed E-state index contributed by atoms with van der Waals surface area (Å²) >= 11 is 0. The van der Waals surface area contributed by atoms with Gasteiger partial charge in [0.15, 0.2) is 5.82 Å². The zero-order valence-electron chi connectivity index (χ0n) is 14.1. The molecule has 0 saturated carbocycles. The van der Waals surface area contributed by atoms with E-state index in [1.165, 1.54) is 11.5 Å². The SMILES string of the molecule is CC(=O)NCC(C)(C)C(=O)Nc1ccc(-c2n[nH]c(=O)n2C)cc1. The van der Waals surface area contributed by atoms with Crippen LogP contribution in [0.2, 0.25) is 0 Å². The molecule has 0 fully saturated rings. The number of amides is 2. The van der Waals surface area contributed by atoms with Crippen LogP contribution in [0.15, 0.2) is 29.1 Å². The van der Waals surface area contributed by atoms with E-state index in [1.807, 2.05) is 0 Å². The fourth-order valence-electron chi connectivity index (χ4n) is 2.03. The maximum absolute atomic E-state index is 12.3. The second kappa shape index (κ2) is 6.69. The predicted molar refractivity (Wildman–Crippen MR) is 90.4 cm³/mol. The van der Waals surface area contributed by atoms with Gasteiger partial charge < -0.3 is 10.6 Å². The second-order valence-corrected chi connectivity index (χ2v) is 6.24. The van der Waals surface area contributed by atoms with E-state index in [0.717, 1.165) is 5.56 Å². The Labute approximate surface area is 139 Å². The summed E-state index contributed by atoms with van der Waals surface area (Å²) in [6, 6.07) is 7.01. The highest BCUT2D eigenvalue weighted by molar-refractivity contribution is 5.95. The van der Waals surface area contributed by atoms with E-state index < -0.39 is 5.41 Å². The normalized spacial score (nSPS) is 11.2. The minimum absolute atomic E-state index is 0.176. The van der Waals surface area contributed by atoms with Gasteiger partial charge in [0.1, 0.15) is 0 Å². The second-order valence-electron chi connectivity index (χ2n) is 6.24. The van der Waals surface area contributed by atoms with Crippen molar-refractivity contribution in [2.75, 3.05) is 11.9 Å². The van der Waals surface area contributed by atoms with Gasteiger partial charge in [-0.2, -0.15) is 5.10 Å². The lowest BCUT2D eigenvalue weighted by Crippen LogP contribution is -2.41. The zero-order valence-corrected chi connectivity index (χ0v) is 14.1. The Kier molecular flexibility index (Phi) is 4.87. The maximum Gasteiger partial charge on any atom is 0.343 e. The average molecular weight is 331 g/mol. The molecule has 0 aliphatic rings. The third kappa shape index (κ3) is 3.89. The highest BCUT2D eigenvalue weighted by Gasteiger charge is 2.27. The van der Waals surface area contributed by atoms with Gasteiger partial charge >= 0.3 is 5.69 Å². The first-order valence-corrected chi connectivity index (χ1v) is 7.48. The molecule has 0 aliphatic heterocycles. The fraction of sp³-hybridized carbons (Fsp3) is 0.375.